The van der Waals surface area contributed by atoms with Gasteiger partial charge in [0.05, 0.1) is 11.7 Å². The van der Waals surface area contributed by atoms with E-state index >= 15 is 0 Å². The minimum absolute atomic E-state index is 0.0614. The van der Waals surface area contributed by atoms with Crippen LogP contribution < -0.4 is 5.56 Å². The molecule has 0 bridgehead atoms. The standard InChI is InChI=1S/C14H20N4O/c1-11-9-12-13(16-11)15-10-18(14(12)19)8-7-17-5-3-2-4-6-17/h9-10,16H,2-8H2,1H3. The lowest BCUT2D eigenvalue weighted by atomic mass is 10.1. The van der Waals surface area contributed by atoms with Gasteiger partial charge < -0.3 is 9.88 Å². The van der Waals surface area contributed by atoms with Gasteiger partial charge in [-0.05, 0) is 38.9 Å². The minimum atomic E-state index is 0.0614. The van der Waals surface area contributed by atoms with Crippen molar-refractivity contribution in [2.24, 2.45) is 0 Å². The average Bonchev–Trinajstić information content (AvgIpc) is 2.81. The van der Waals surface area contributed by atoms with Gasteiger partial charge in [0.1, 0.15) is 5.65 Å². The number of aromatic nitrogens is 3. The number of likely N-dealkylation sites (tertiary alicyclic amines) is 1. The summed E-state index contributed by atoms with van der Waals surface area (Å²) < 4.78 is 1.73. The Kier molecular flexibility index (Phi) is 3.38. The van der Waals surface area contributed by atoms with E-state index in [2.05, 4.69) is 14.9 Å². The van der Waals surface area contributed by atoms with Crippen LogP contribution in [0.4, 0.5) is 0 Å². The number of piperidine rings is 1. The molecular weight excluding hydrogens is 240 g/mol. The van der Waals surface area contributed by atoms with Crippen molar-refractivity contribution in [3.05, 3.63) is 28.4 Å². The van der Waals surface area contributed by atoms with Gasteiger partial charge in [-0.3, -0.25) is 9.36 Å². The summed E-state index contributed by atoms with van der Waals surface area (Å²) in [5.74, 6) is 0. The molecule has 1 aliphatic rings. The first kappa shape index (κ1) is 12.4. The third-order valence-electron chi connectivity index (χ3n) is 3.85. The van der Waals surface area contributed by atoms with Gasteiger partial charge in [-0.1, -0.05) is 6.42 Å². The Morgan fingerprint density at radius 2 is 2.05 bits per heavy atom. The van der Waals surface area contributed by atoms with E-state index in [1.54, 1.807) is 10.9 Å². The van der Waals surface area contributed by atoms with Crippen molar-refractivity contribution in [2.45, 2.75) is 32.7 Å². The van der Waals surface area contributed by atoms with Crippen LogP contribution in [0.1, 0.15) is 25.0 Å². The lowest BCUT2D eigenvalue weighted by Crippen LogP contribution is -2.34. The number of nitrogens with zero attached hydrogens (tertiary/aromatic N) is 3. The zero-order chi connectivity index (χ0) is 13.2. The SMILES string of the molecule is Cc1cc2c(=O)n(CCN3CCCCC3)cnc2[nH]1. The van der Waals surface area contributed by atoms with Crippen molar-refractivity contribution in [1.29, 1.82) is 0 Å². The second-order valence-electron chi connectivity index (χ2n) is 5.36. The second kappa shape index (κ2) is 5.17. The number of hydrogen-bond acceptors (Lipinski definition) is 3. The molecule has 2 aromatic heterocycles. The first-order valence-electron chi connectivity index (χ1n) is 7.01. The van der Waals surface area contributed by atoms with Crippen LogP contribution in [-0.4, -0.2) is 39.1 Å². The van der Waals surface area contributed by atoms with E-state index in [1.807, 2.05) is 13.0 Å². The molecule has 0 amide bonds. The number of aryl methyl sites for hydroxylation is 1. The molecule has 1 fully saturated rings. The molecule has 0 spiro atoms. The number of H-pyrrole nitrogens is 1. The first-order valence-corrected chi connectivity index (χ1v) is 7.01. The van der Waals surface area contributed by atoms with E-state index in [4.69, 9.17) is 0 Å². The Balaban J connectivity index is 1.77. The normalized spacial score (nSPS) is 17.1. The van der Waals surface area contributed by atoms with E-state index in [1.165, 1.54) is 19.3 Å². The highest BCUT2D eigenvalue weighted by Crippen LogP contribution is 2.09. The molecule has 0 aromatic carbocycles. The molecule has 102 valence electrons. The smallest absolute Gasteiger partial charge is 0.262 e. The maximum absolute atomic E-state index is 12.3. The highest BCUT2D eigenvalue weighted by molar-refractivity contribution is 5.74. The number of fused-ring (bicyclic) bond motifs is 1. The largest absolute Gasteiger partial charge is 0.343 e. The number of nitrogens with one attached hydrogen (secondary N) is 1. The van der Waals surface area contributed by atoms with E-state index in [0.29, 0.717) is 11.0 Å². The van der Waals surface area contributed by atoms with E-state index < -0.39 is 0 Å². The van der Waals surface area contributed by atoms with E-state index in [0.717, 1.165) is 31.9 Å². The maximum atomic E-state index is 12.3. The van der Waals surface area contributed by atoms with Crippen LogP contribution >= 0.6 is 0 Å². The molecule has 1 saturated heterocycles. The highest BCUT2D eigenvalue weighted by Gasteiger charge is 2.11. The molecule has 1 N–H and O–H groups in total. The van der Waals surface area contributed by atoms with Crippen LogP contribution in [0.2, 0.25) is 0 Å². The predicted molar refractivity (Wildman–Crippen MR) is 75.4 cm³/mol. The maximum Gasteiger partial charge on any atom is 0.262 e. The Hall–Kier alpha value is -1.62. The monoisotopic (exact) mass is 260 g/mol. The fraction of sp³-hybridized carbons (Fsp3) is 0.571. The topological polar surface area (TPSA) is 53.9 Å². The van der Waals surface area contributed by atoms with E-state index in [-0.39, 0.29) is 5.56 Å². The van der Waals surface area contributed by atoms with Gasteiger partial charge in [0.2, 0.25) is 0 Å². The molecule has 0 saturated carbocycles. The number of hydrogen-bond donors (Lipinski definition) is 1. The summed E-state index contributed by atoms with van der Waals surface area (Å²) in [5, 5.41) is 0.693. The van der Waals surface area contributed by atoms with Crippen LogP contribution in [0.15, 0.2) is 17.2 Å². The summed E-state index contributed by atoms with van der Waals surface area (Å²) in [4.78, 5) is 22.1. The number of aromatic amines is 1. The molecule has 1 aliphatic heterocycles. The zero-order valence-electron chi connectivity index (χ0n) is 11.4. The molecule has 0 unspecified atom stereocenters. The van der Waals surface area contributed by atoms with Crippen LogP contribution in [0.25, 0.3) is 11.0 Å². The van der Waals surface area contributed by atoms with Crippen molar-refractivity contribution in [2.75, 3.05) is 19.6 Å². The van der Waals surface area contributed by atoms with Crippen molar-refractivity contribution in [3.8, 4) is 0 Å². The van der Waals surface area contributed by atoms with Crippen LogP contribution in [0.5, 0.6) is 0 Å². The molecule has 3 heterocycles. The quantitative estimate of drug-likeness (QED) is 0.910. The van der Waals surface area contributed by atoms with Crippen molar-refractivity contribution >= 4 is 11.0 Å². The molecule has 19 heavy (non-hydrogen) atoms. The average molecular weight is 260 g/mol. The van der Waals surface area contributed by atoms with Gasteiger partial charge in [0.15, 0.2) is 0 Å². The Morgan fingerprint density at radius 3 is 2.84 bits per heavy atom. The molecule has 5 nitrogen and oxygen atoms in total. The lowest BCUT2D eigenvalue weighted by molar-refractivity contribution is 0.220. The van der Waals surface area contributed by atoms with Gasteiger partial charge in [-0.2, -0.15) is 0 Å². The van der Waals surface area contributed by atoms with Gasteiger partial charge in [0.25, 0.3) is 5.56 Å². The van der Waals surface area contributed by atoms with E-state index in [9.17, 15) is 4.79 Å². The predicted octanol–water partition coefficient (Wildman–Crippen LogP) is 1.52. The van der Waals surface area contributed by atoms with Crippen molar-refractivity contribution in [3.63, 3.8) is 0 Å². The third kappa shape index (κ3) is 2.56. The third-order valence-corrected chi connectivity index (χ3v) is 3.85. The first-order chi connectivity index (χ1) is 9.24. The molecule has 2 aromatic rings. The Morgan fingerprint density at radius 1 is 1.26 bits per heavy atom. The molecule has 3 rings (SSSR count). The minimum Gasteiger partial charge on any atom is -0.343 e. The molecule has 0 aliphatic carbocycles. The van der Waals surface area contributed by atoms with Gasteiger partial charge in [-0.25, -0.2) is 4.98 Å². The molecular formula is C14H20N4O. The lowest BCUT2D eigenvalue weighted by Gasteiger charge is -2.26. The van der Waals surface area contributed by atoms with Gasteiger partial charge in [0, 0.05) is 18.8 Å². The number of rotatable bonds is 3. The van der Waals surface area contributed by atoms with Crippen LogP contribution in [-0.2, 0) is 6.54 Å². The van der Waals surface area contributed by atoms with Crippen LogP contribution in [0.3, 0.4) is 0 Å². The summed E-state index contributed by atoms with van der Waals surface area (Å²) in [5.41, 5.74) is 1.73. The molecule has 0 atom stereocenters. The Labute approximate surface area is 112 Å². The fourth-order valence-corrected chi connectivity index (χ4v) is 2.77. The summed E-state index contributed by atoms with van der Waals surface area (Å²) in [6.07, 6.45) is 5.56. The molecule has 0 radical (unpaired) electrons. The van der Waals surface area contributed by atoms with Gasteiger partial charge in [-0.15, -0.1) is 0 Å². The van der Waals surface area contributed by atoms with Crippen LogP contribution in [0, 0.1) is 6.92 Å². The fourth-order valence-electron chi connectivity index (χ4n) is 2.77. The molecule has 5 heteroatoms. The highest BCUT2D eigenvalue weighted by atomic mass is 16.1. The second-order valence-corrected chi connectivity index (χ2v) is 5.36. The Bertz CT molecular complexity index is 622. The summed E-state index contributed by atoms with van der Waals surface area (Å²) in [6, 6.07) is 1.88. The zero-order valence-corrected chi connectivity index (χ0v) is 11.4. The van der Waals surface area contributed by atoms with Crippen molar-refractivity contribution in [1.82, 2.24) is 19.4 Å². The summed E-state index contributed by atoms with van der Waals surface area (Å²) in [6.45, 7) is 5.93. The van der Waals surface area contributed by atoms with Gasteiger partial charge >= 0.3 is 0 Å². The summed E-state index contributed by atoms with van der Waals surface area (Å²) in [7, 11) is 0. The van der Waals surface area contributed by atoms with Crippen molar-refractivity contribution < 1.29 is 0 Å². The summed E-state index contributed by atoms with van der Waals surface area (Å²) >= 11 is 0.